The average Bonchev–Trinajstić information content (AvgIpc) is 3.20. The molecule has 2 heterocycles. The molecule has 0 bridgehead atoms. The van der Waals surface area contributed by atoms with E-state index in [0.717, 1.165) is 30.9 Å². The summed E-state index contributed by atoms with van der Waals surface area (Å²) in [6.45, 7) is 3.60. The van der Waals surface area contributed by atoms with E-state index in [2.05, 4.69) is 20.9 Å². The van der Waals surface area contributed by atoms with Gasteiger partial charge in [0.05, 0.1) is 23.8 Å². The molecule has 0 saturated carbocycles. The Balaban J connectivity index is 1.66. The smallest absolute Gasteiger partial charge is 0.224 e. The highest BCUT2D eigenvalue weighted by atomic mass is 16.2. The Bertz CT molecular complexity index is 604. The number of benzene rings is 1. The van der Waals surface area contributed by atoms with Crippen LogP contribution >= 0.6 is 0 Å². The molecule has 6 nitrogen and oxygen atoms in total. The minimum atomic E-state index is -0.143. The fourth-order valence-corrected chi connectivity index (χ4v) is 2.47. The molecule has 2 atom stereocenters. The number of rotatable bonds is 4. The zero-order valence-corrected chi connectivity index (χ0v) is 12.0. The van der Waals surface area contributed by atoms with E-state index < -0.39 is 0 Å². The fraction of sp³-hybridized carbons (Fsp3) is 0.400. The normalized spacial score (nSPS) is 19.4. The Morgan fingerprint density at radius 1 is 1.43 bits per heavy atom. The maximum atomic E-state index is 12.1. The first kappa shape index (κ1) is 13.8. The zero-order valence-electron chi connectivity index (χ0n) is 12.0. The summed E-state index contributed by atoms with van der Waals surface area (Å²) in [5.74, 6) is 0.151. The second kappa shape index (κ2) is 6.05. The van der Waals surface area contributed by atoms with Crippen LogP contribution in [0.1, 0.15) is 25.1 Å². The van der Waals surface area contributed by atoms with Crippen LogP contribution in [0.15, 0.2) is 36.5 Å². The van der Waals surface area contributed by atoms with Gasteiger partial charge in [-0.05, 0) is 32.0 Å². The first-order valence-electron chi connectivity index (χ1n) is 7.23. The highest BCUT2D eigenvalue weighted by Gasteiger charge is 2.24. The minimum absolute atomic E-state index is 0.0663. The topological polar surface area (TPSA) is 71.8 Å². The van der Waals surface area contributed by atoms with Crippen molar-refractivity contribution in [3.05, 3.63) is 42.2 Å². The van der Waals surface area contributed by atoms with Gasteiger partial charge in [0.15, 0.2) is 0 Å². The average molecular weight is 285 g/mol. The summed E-state index contributed by atoms with van der Waals surface area (Å²) < 4.78 is 1.72. The third kappa shape index (κ3) is 3.11. The lowest BCUT2D eigenvalue weighted by Gasteiger charge is -2.14. The maximum Gasteiger partial charge on any atom is 0.224 e. The molecule has 2 N–H and O–H groups in total. The standard InChI is InChI=1S/C15H19N5O/c1-11(17-15(21)12-7-8-16-9-12)14-10-20(19-18-14)13-5-3-2-4-6-13/h2-6,10-12,16H,7-9H2,1H3,(H,17,21). The van der Waals surface area contributed by atoms with E-state index in [1.54, 1.807) is 4.68 Å². The molecule has 0 radical (unpaired) electrons. The van der Waals surface area contributed by atoms with Crippen LogP contribution in [0.5, 0.6) is 0 Å². The first-order valence-corrected chi connectivity index (χ1v) is 7.23. The highest BCUT2D eigenvalue weighted by molar-refractivity contribution is 5.79. The molecule has 1 saturated heterocycles. The van der Waals surface area contributed by atoms with Gasteiger partial charge < -0.3 is 10.6 Å². The number of hydrogen-bond acceptors (Lipinski definition) is 4. The molecule has 21 heavy (non-hydrogen) atoms. The number of carbonyl (C=O) groups excluding carboxylic acids is 1. The van der Waals surface area contributed by atoms with Crippen molar-refractivity contribution in [1.29, 1.82) is 0 Å². The number of nitrogens with zero attached hydrogens (tertiary/aromatic N) is 3. The van der Waals surface area contributed by atoms with Crippen LogP contribution in [0.3, 0.4) is 0 Å². The molecule has 110 valence electrons. The van der Waals surface area contributed by atoms with Gasteiger partial charge in [-0.1, -0.05) is 23.4 Å². The molecule has 6 heteroatoms. The Hall–Kier alpha value is -2.21. The summed E-state index contributed by atoms with van der Waals surface area (Å²) in [5.41, 5.74) is 1.72. The second-order valence-corrected chi connectivity index (χ2v) is 5.34. The molecular weight excluding hydrogens is 266 g/mol. The van der Waals surface area contributed by atoms with Gasteiger partial charge in [0, 0.05) is 6.54 Å². The Kier molecular flexibility index (Phi) is 3.96. The first-order chi connectivity index (χ1) is 10.2. The van der Waals surface area contributed by atoms with E-state index in [9.17, 15) is 4.79 Å². The van der Waals surface area contributed by atoms with Gasteiger partial charge >= 0.3 is 0 Å². The van der Waals surface area contributed by atoms with Crippen LogP contribution in [0.25, 0.3) is 5.69 Å². The summed E-state index contributed by atoms with van der Waals surface area (Å²) in [4.78, 5) is 12.1. The van der Waals surface area contributed by atoms with Crippen molar-refractivity contribution in [2.75, 3.05) is 13.1 Å². The summed E-state index contributed by atoms with van der Waals surface area (Å²) in [6.07, 6.45) is 2.75. The molecule has 2 unspecified atom stereocenters. The van der Waals surface area contributed by atoms with E-state index in [1.807, 2.05) is 43.5 Å². The van der Waals surface area contributed by atoms with Crippen molar-refractivity contribution in [1.82, 2.24) is 25.6 Å². The minimum Gasteiger partial charge on any atom is -0.348 e. The van der Waals surface area contributed by atoms with E-state index in [4.69, 9.17) is 0 Å². The molecule has 1 amide bonds. The Labute approximate surface area is 123 Å². The second-order valence-electron chi connectivity index (χ2n) is 5.34. The number of aromatic nitrogens is 3. The monoisotopic (exact) mass is 285 g/mol. The number of nitrogens with one attached hydrogen (secondary N) is 2. The van der Waals surface area contributed by atoms with Crippen LogP contribution < -0.4 is 10.6 Å². The third-order valence-electron chi connectivity index (χ3n) is 3.77. The van der Waals surface area contributed by atoms with E-state index in [1.165, 1.54) is 0 Å². The van der Waals surface area contributed by atoms with Gasteiger partial charge in [-0.2, -0.15) is 0 Å². The molecule has 0 spiro atoms. The summed E-state index contributed by atoms with van der Waals surface area (Å²) in [6, 6.07) is 9.65. The van der Waals surface area contributed by atoms with E-state index >= 15 is 0 Å². The molecule has 1 fully saturated rings. The number of amides is 1. The van der Waals surface area contributed by atoms with Gasteiger partial charge in [-0.15, -0.1) is 5.10 Å². The maximum absolute atomic E-state index is 12.1. The number of para-hydroxylation sites is 1. The molecule has 2 aromatic rings. The van der Waals surface area contributed by atoms with Crippen LogP contribution in [0.2, 0.25) is 0 Å². The Morgan fingerprint density at radius 2 is 2.24 bits per heavy atom. The molecular formula is C15H19N5O. The molecule has 0 aliphatic carbocycles. The van der Waals surface area contributed by atoms with Gasteiger partial charge in [-0.3, -0.25) is 4.79 Å². The predicted molar refractivity (Wildman–Crippen MR) is 78.9 cm³/mol. The lowest BCUT2D eigenvalue weighted by atomic mass is 10.1. The quantitative estimate of drug-likeness (QED) is 0.881. The van der Waals surface area contributed by atoms with E-state index in [-0.39, 0.29) is 17.9 Å². The summed E-state index contributed by atoms with van der Waals surface area (Å²) in [5, 5.41) is 14.5. The van der Waals surface area contributed by atoms with Crippen LogP contribution in [-0.4, -0.2) is 34.0 Å². The van der Waals surface area contributed by atoms with Crippen molar-refractivity contribution in [2.24, 2.45) is 5.92 Å². The fourth-order valence-electron chi connectivity index (χ4n) is 2.47. The highest BCUT2D eigenvalue weighted by Crippen LogP contribution is 2.14. The third-order valence-corrected chi connectivity index (χ3v) is 3.77. The van der Waals surface area contributed by atoms with Gasteiger partial charge in [0.2, 0.25) is 5.91 Å². The molecule has 1 aromatic heterocycles. The molecule has 3 rings (SSSR count). The summed E-state index contributed by atoms with van der Waals surface area (Å²) in [7, 11) is 0. The van der Waals surface area contributed by atoms with Crippen molar-refractivity contribution >= 4 is 5.91 Å². The molecule has 1 aliphatic rings. The van der Waals surface area contributed by atoms with Crippen LogP contribution in [-0.2, 0) is 4.79 Å². The predicted octanol–water partition coefficient (Wildman–Crippen LogP) is 1.05. The molecule has 1 aliphatic heterocycles. The van der Waals surface area contributed by atoms with Crippen LogP contribution in [0, 0.1) is 5.92 Å². The van der Waals surface area contributed by atoms with Crippen molar-refractivity contribution in [3.63, 3.8) is 0 Å². The largest absolute Gasteiger partial charge is 0.348 e. The van der Waals surface area contributed by atoms with Gasteiger partial charge in [0.1, 0.15) is 5.69 Å². The molecule has 1 aromatic carbocycles. The van der Waals surface area contributed by atoms with Crippen molar-refractivity contribution < 1.29 is 4.79 Å². The van der Waals surface area contributed by atoms with Gasteiger partial charge in [-0.25, -0.2) is 4.68 Å². The number of hydrogen-bond donors (Lipinski definition) is 2. The Morgan fingerprint density at radius 3 is 2.95 bits per heavy atom. The van der Waals surface area contributed by atoms with E-state index in [0.29, 0.717) is 0 Å². The van der Waals surface area contributed by atoms with Gasteiger partial charge in [0.25, 0.3) is 0 Å². The zero-order chi connectivity index (χ0) is 14.7. The van der Waals surface area contributed by atoms with Crippen molar-refractivity contribution in [2.45, 2.75) is 19.4 Å². The number of carbonyl (C=O) groups is 1. The van der Waals surface area contributed by atoms with Crippen molar-refractivity contribution in [3.8, 4) is 5.69 Å². The SMILES string of the molecule is CC(NC(=O)C1CCNC1)c1cn(-c2ccccc2)nn1. The summed E-state index contributed by atoms with van der Waals surface area (Å²) >= 11 is 0. The lowest BCUT2D eigenvalue weighted by Crippen LogP contribution is -2.34. The van der Waals surface area contributed by atoms with Crippen LogP contribution in [0.4, 0.5) is 0 Å². The lowest BCUT2D eigenvalue weighted by molar-refractivity contribution is -0.125.